The lowest BCUT2D eigenvalue weighted by molar-refractivity contribution is -0.122. The smallest absolute Gasteiger partial charge is 0.234 e. The molecule has 1 aliphatic heterocycles. The van der Waals surface area contributed by atoms with Gasteiger partial charge in [-0.1, -0.05) is 24.3 Å². The Morgan fingerprint density at radius 3 is 2.71 bits per heavy atom. The van der Waals surface area contributed by atoms with Crippen LogP contribution in [-0.4, -0.2) is 28.9 Å². The van der Waals surface area contributed by atoms with Gasteiger partial charge in [0.2, 0.25) is 5.91 Å². The minimum absolute atomic E-state index is 0.0752. The van der Waals surface area contributed by atoms with Gasteiger partial charge in [0.05, 0.1) is 6.54 Å². The zero-order chi connectivity index (χ0) is 14.5. The fraction of sp³-hybridized carbons (Fsp3) is 0.294. The molecule has 0 aliphatic carbocycles. The number of nitrogens with zero attached hydrogens (tertiary/aromatic N) is 2. The average molecular weight is 281 g/mol. The number of hydrogen-bond acceptors (Lipinski definition) is 3. The van der Waals surface area contributed by atoms with E-state index in [0.717, 1.165) is 25.1 Å². The van der Waals surface area contributed by atoms with Gasteiger partial charge in [0, 0.05) is 32.0 Å². The molecule has 21 heavy (non-hydrogen) atoms. The number of fused-ring (bicyclic) bond motifs is 1. The molecule has 1 aromatic heterocycles. The summed E-state index contributed by atoms with van der Waals surface area (Å²) >= 11 is 0. The highest BCUT2D eigenvalue weighted by Gasteiger charge is 2.17. The summed E-state index contributed by atoms with van der Waals surface area (Å²) in [5.74, 6) is 0.0752. The molecule has 1 aliphatic rings. The van der Waals surface area contributed by atoms with E-state index in [-0.39, 0.29) is 5.91 Å². The summed E-state index contributed by atoms with van der Waals surface area (Å²) in [7, 11) is 0. The van der Waals surface area contributed by atoms with Crippen LogP contribution >= 0.6 is 0 Å². The number of hydrogen-bond donors (Lipinski definition) is 1. The summed E-state index contributed by atoms with van der Waals surface area (Å²) in [6.45, 7) is 2.82. The molecular weight excluding hydrogens is 262 g/mol. The molecule has 0 spiro atoms. The highest BCUT2D eigenvalue weighted by atomic mass is 16.2. The second kappa shape index (κ2) is 6.50. The van der Waals surface area contributed by atoms with Crippen LogP contribution in [0.25, 0.3) is 0 Å². The molecule has 0 saturated carbocycles. The van der Waals surface area contributed by atoms with Gasteiger partial charge in [-0.05, 0) is 35.2 Å². The van der Waals surface area contributed by atoms with E-state index in [1.807, 2.05) is 12.1 Å². The van der Waals surface area contributed by atoms with Crippen molar-refractivity contribution in [3.05, 3.63) is 65.5 Å². The first-order chi connectivity index (χ1) is 10.3. The molecule has 1 amide bonds. The Labute approximate surface area is 124 Å². The maximum atomic E-state index is 12.0. The Balaban J connectivity index is 1.50. The molecule has 4 nitrogen and oxygen atoms in total. The Morgan fingerprint density at radius 1 is 1.14 bits per heavy atom. The quantitative estimate of drug-likeness (QED) is 0.929. The number of aromatic nitrogens is 1. The third-order valence-corrected chi connectivity index (χ3v) is 3.82. The second-order valence-electron chi connectivity index (χ2n) is 5.36. The first-order valence-corrected chi connectivity index (χ1v) is 7.26. The van der Waals surface area contributed by atoms with Crippen LogP contribution in [0.3, 0.4) is 0 Å². The van der Waals surface area contributed by atoms with E-state index >= 15 is 0 Å². The third-order valence-electron chi connectivity index (χ3n) is 3.82. The molecular formula is C17H19N3O. The van der Waals surface area contributed by atoms with Crippen molar-refractivity contribution in [2.45, 2.75) is 19.5 Å². The summed E-state index contributed by atoms with van der Waals surface area (Å²) < 4.78 is 0. The molecule has 2 heterocycles. The normalized spacial score (nSPS) is 14.5. The van der Waals surface area contributed by atoms with Crippen molar-refractivity contribution < 1.29 is 4.79 Å². The van der Waals surface area contributed by atoms with Crippen molar-refractivity contribution in [2.75, 3.05) is 13.1 Å². The van der Waals surface area contributed by atoms with Crippen LogP contribution in [0.1, 0.15) is 16.7 Å². The molecule has 0 saturated heterocycles. The first-order valence-electron chi connectivity index (χ1n) is 7.26. The Bertz CT molecular complexity index is 612. The fourth-order valence-corrected chi connectivity index (χ4v) is 2.65. The topological polar surface area (TPSA) is 45.2 Å². The van der Waals surface area contributed by atoms with Gasteiger partial charge in [-0.25, -0.2) is 0 Å². The predicted octanol–water partition coefficient (Wildman–Crippen LogP) is 1.76. The number of rotatable bonds is 4. The van der Waals surface area contributed by atoms with E-state index in [2.05, 4.69) is 39.5 Å². The summed E-state index contributed by atoms with van der Waals surface area (Å²) in [5, 5.41) is 2.96. The van der Waals surface area contributed by atoms with Gasteiger partial charge in [-0.15, -0.1) is 0 Å². The van der Waals surface area contributed by atoms with Gasteiger partial charge < -0.3 is 5.32 Å². The van der Waals surface area contributed by atoms with Crippen LogP contribution in [0.15, 0.2) is 48.8 Å². The van der Waals surface area contributed by atoms with E-state index in [9.17, 15) is 4.79 Å². The molecule has 1 aromatic carbocycles. The van der Waals surface area contributed by atoms with Crippen molar-refractivity contribution in [3.8, 4) is 0 Å². The van der Waals surface area contributed by atoms with Crippen molar-refractivity contribution >= 4 is 5.91 Å². The second-order valence-corrected chi connectivity index (χ2v) is 5.36. The zero-order valence-electron chi connectivity index (χ0n) is 12.0. The van der Waals surface area contributed by atoms with Crippen LogP contribution < -0.4 is 5.32 Å². The summed E-state index contributed by atoms with van der Waals surface area (Å²) in [4.78, 5) is 18.2. The van der Waals surface area contributed by atoms with Gasteiger partial charge in [0.15, 0.2) is 0 Å². The maximum absolute atomic E-state index is 12.0. The maximum Gasteiger partial charge on any atom is 0.234 e. The number of nitrogens with one attached hydrogen (secondary N) is 1. The number of benzene rings is 1. The average Bonchev–Trinajstić information content (AvgIpc) is 2.54. The molecule has 0 unspecified atom stereocenters. The molecule has 3 rings (SSSR count). The van der Waals surface area contributed by atoms with E-state index in [4.69, 9.17) is 0 Å². The van der Waals surface area contributed by atoms with Crippen LogP contribution in [-0.2, 0) is 24.3 Å². The van der Waals surface area contributed by atoms with Gasteiger partial charge in [0.25, 0.3) is 0 Å². The molecule has 0 fully saturated rings. The van der Waals surface area contributed by atoms with Crippen molar-refractivity contribution in [3.63, 3.8) is 0 Å². The van der Waals surface area contributed by atoms with Gasteiger partial charge >= 0.3 is 0 Å². The van der Waals surface area contributed by atoms with Crippen LogP contribution in [0, 0.1) is 0 Å². The SMILES string of the molecule is O=C(CN1CCc2ccccc2C1)NCc1ccncc1. The summed E-state index contributed by atoms with van der Waals surface area (Å²) in [6, 6.07) is 12.3. The molecule has 0 atom stereocenters. The minimum atomic E-state index is 0.0752. The van der Waals surface area contributed by atoms with Crippen molar-refractivity contribution in [2.24, 2.45) is 0 Å². The Morgan fingerprint density at radius 2 is 1.90 bits per heavy atom. The van der Waals surface area contributed by atoms with Crippen LogP contribution in [0.2, 0.25) is 0 Å². The first kappa shape index (κ1) is 13.8. The lowest BCUT2D eigenvalue weighted by Crippen LogP contribution is -2.39. The highest BCUT2D eigenvalue weighted by Crippen LogP contribution is 2.17. The summed E-state index contributed by atoms with van der Waals surface area (Å²) in [5.41, 5.74) is 3.82. The van der Waals surface area contributed by atoms with Crippen LogP contribution in [0.5, 0.6) is 0 Å². The molecule has 0 bridgehead atoms. The largest absolute Gasteiger partial charge is 0.351 e. The highest BCUT2D eigenvalue weighted by molar-refractivity contribution is 5.78. The summed E-state index contributed by atoms with van der Waals surface area (Å²) in [6.07, 6.45) is 4.50. The third kappa shape index (κ3) is 3.67. The Hall–Kier alpha value is -2.20. The van der Waals surface area contributed by atoms with E-state index < -0.39 is 0 Å². The number of pyridine rings is 1. The predicted molar refractivity (Wildman–Crippen MR) is 81.5 cm³/mol. The standard InChI is InChI=1S/C17H19N3O/c21-17(19-11-14-5-8-18-9-6-14)13-20-10-7-15-3-1-2-4-16(15)12-20/h1-6,8-9H,7,10-13H2,(H,19,21). The van der Waals surface area contributed by atoms with Gasteiger partial charge in [-0.3, -0.25) is 14.7 Å². The molecule has 2 aromatic rings. The van der Waals surface area contributed by atoms with Gasteiger partial charge in [-0.2, -0.15) is 0 Å². The van der Waals surface area contributed by atoms with E-state index in [1.54, 1.807) is 12.4 Å². The van der Waals surface area contributed by atoms with Gasteiger partial charge in [0.1, 0.15) is 0 Å². The Kier molecular flexibility index (Phi) is 4.26. The molecule has 1 N–H and O–H groups in total. The van der Waals surface area contributed by atoms with Crippen molar-refractivity contribution in [1.82, 2.24) is 15.2 Å². The monoisotopic (exact) mass is 281 g/mol. The van der Waals surface area contributed by atoms with E-state index in [1.165, 1.54) is 11.1 Å². The van der Waals surface area contributed by atoms with Crippen molar-refractivity contribution in [1.29, 1.82) is 0 Å². The molecule has 108 valence electrons. The zero-order valence-corrected chi connectivity index (χ0v) is 12.0. The lowest BCUT2D eigenvalue weighted by atomic mass is 10.00. The molecule has 4 heteroatoms. The number of amides is 1. The minimum Gasteiger partial charge on any atom is -0.351 e. The molecule has 0 radical (unpaired) electrons. The number of carbonyl (C=O) groups is 1. The lowest BCUT2D eigenvalue weighted by Gasteiger charge is -2.28. The van der Waals surface area contributed by atoms with E-state index in [0.29, 0.717) is 13.1 Å². The number of carbonyl (C=O) groups excluding carboxylic acids is 1. The van der Waals surface area contributed by atoms with Crippen LogP contribution in [0.4, 0.5) is 0 Å². The fourth-order valence-electron chi connectivity index (χ4n) is 2.65.